The number of nitrogens with one attached hydrogen (secondary N) is 1. The molecule has 76 valence electrons. The predicted molar refractivity (Wildman–Crippen MR) is 56.5 cm³/mol. The first kappa shape index (κ1) is 9.21. The summed E-state index contributed by atoms with van der Waals surface area (Å²) in [4.78, 5) is 10.7. The second-order valence-corrected chi connectivity index (χ2v) is 3.62. The molecule has 0 spiro atoms. The SMILES string of the molecule is CNc1nc(N2CC(N)C2)ncc1C. The highest BCUT2D eigenvalue weighted by Crippen LogP contribution is 2.18. The van der Waals surface area contributed by atoms with Gasteiger partial charge in [-0.15, -0.1) is 0 Å². The molecule has 0 saturated carbocycles. The van der Waals surface area contributed by atoms with Crippen molar-refractivity contribution in [2.75, 3.05) is 30.4 Å². The first-order valence-electron chi connectivity index (χ1n) is 4.72. The zero-order valence-corrected chi connectivity index (χ0v) is 8.49. The average Bonchev–Trinajstić information content (AvgIpc) is 2.14. The number of aromatic nitrogens is 2. The van der Waals surface area contributed by atoms with E-state index in [0.717, 1.165) is 30.4 Å². The Labute approximate surface area is 83.3 Å². The third kappa shape index (κ3) is 1.50. The number of rotatable bonds is 2. The lowest BCUT2D eigenvalue weighted by Gasteiger charge is -2.36. The predicted octanol–water partition coefficient (Wildman–Crippen LogP) is -0.0260. The maximum Gasteiger partial charge on any atom is 0.227 e. The largest absolute Gasteiger partial charge is 0.373 e. The molecule has 1 aliphatic heterocycles. The van der Waals surface area contributed by atoms with Crippen LogP contribution in [0.2, 0.25) is 0 Å². The van der Waals surface area contributed by atoms with Gasteiger partial charge in [0, 0.05) is 37.9 Å². The van der Waals surface area contributed by atoms with E-state index in [1.165, 1.54) is 0 Å². The summed E-state index contributed by atoms with van der Waals surface area (Å²) in [6.45, 7) is 3.69. The van der Waals surface area contributed by atoms with Crippen molar-refractivity contribution in [1.82, 2.24) is 9.97 Å². The van der Waals surface area contributed by atoms with E-state index in [0.29, 0.717) is 0 Å². The molecule has 1 aromatic rings. The van der Waals surface area contributed by atoms with Gasteiger partial charge in [-0.1, -0.05) is 0 Å². The fraction of sp³-hybridized carbons (Fsp3) is 0.556. The van der Waals surface area contributed by atoms with E-state index in [1.54, 1.807) is 0 Å². The monoisotopic (exact) mass is 193 g/mol. The van der Waals surface area contributed by atoms with Crippen LogP contribution >= 0.6 is 0 Å². The molecule has 1 saturated heterocycles. The number of anilines is 2. The molecule has 3 N–H and O–H groups in total. The normalized spacial score (nSPS) is 16.6. The molecule has 0 bridgehead atoms. The highest BCUT2D eigenvalue weighted by atomic mass is 15.3. The van der Waals surface area contributed by atoms with E-state index >= 15 is 0 Å². The maximum atomic E-state index is 5.69. The highest BCUT2D eigenvalue weighted by Gasteiger charge is 2.25. The van der Waals surface area contributed by atoms with Crippen molar-refractivity contribution in [3.05, 3.63) is 11.8 Å². The summed E-state index contributed by atoms with van der Waals surface area (Å²) in [7, 11) is 1.86. The number of nitrogens with zero attached hydrogens (tertiary/aromatic N) is 3. The Balaban J connectivity index is 2.19. The van der Waals surface area contributed by atoms with Crippen LogP contribution in [0.1, 0.15) is 5.56 Å². The zero-order chi connectivity index (χ0) is 10.1. The third-order valence-corrected chi connectivity index (χ3v) is 2.39. The molecule has 14 heavy (non-hydrogen) atoms. The van der Waals surface area contributed by atoms with Crippen molar-refractivity contribution in [1.29, 1.82) is 0 Å². The van der Waals surface area contributed by atoms with Crippen LogP contribution in [-0.2, 0) is 0 Å². The van der Waals surface area contributed by atoms with Gasteiger partial charge in [0.1, 0.15) is 5.82 Å². The molecule has 5 heteroatoms. The number of aryl methyl sites for hydroxylation is 1. The molecule has 0 aliphatic carbocycles. The Morgan fingerprint density at radius 3 is 2.86 bits per heavy atom. The van der Waals surface area contributed by atoms with Gasteiger partial charge in [0.25, 0.3) is 0 Å². The minimum Gasteiger partial charge on any atom is -0.373 e. The quantitative estimate of drug-likeness (QED) is 0.690. The van der Waals surface area contributed by atoms with Gasteiger partial charge in [-0.3, -0.25) is 0 Å². The minimum absolute atomic E-state index is 0.276. The Hall–Kier alpha value is -1.36. The smallest absolute Gasteiger partial charge is 0.227 e. The number of hydrogen-bond acceptors (Lipinski definition) is 5. The van der Waals surface area contributed by atoms with Gasteiger partial charge in [-0.05, 0) is 6.92 Å². The molecule has 0 unspecified atom stereocenters. The van der Waals surface area contributed by atoms with Gasteiger partial charge in [-0.2, -0.15) is 4.98 Å². The van der Waals surface area contributed by atoms with E-state index in [1.807, 2.05) is 20.2 Å². The van der Waals surface area contributed by atoms with Crippen molar-refractivity contribution in [3.63, 3.8) is 0 Å². The summed E-state index contributed by atoms with van der Waals surface area (Å²) in [6, 6.07) is 0.276. The number of nitrogens with two attached hydrogens (primary N) is 1. The lowest BCUT2D eigenvalue weighted by Crippen LogP contribution is -2.56. The van der Waals surface area contributed by atoms with Gasteiger partial charge >= 0.3 is 0 Å². The Kier molecular flexibility index (Phi) is 2.25. The summed E-state index contributed by atoms with van der Waals surface area (Å²) < 4.78 is 0. The Bertz CT molecular complexity index is 332. The van der Waals surface area contributed by atoms with Crippen molar-refractivity contribution in [3.8, 4) is 0 Å². The topological polar surface area (TPSA) is 67.1 Å². The van der Waals surface area contributed by atoms with Crippen LogP contribution in [0.25, 0.3) is 0 Å². The molecule has 1 aromatic heterocycles. The fourth-order valence-corrected chi connectivity index (χ4v) is 1.51. The first-order chi connectivity index (χ1) is 6.70. The second kappa shape index (κ2) is 3.42. The van der Waals surface area contributed by atoms with Crippen molar-refractivity contribution in [2.45, 2.75) is 13.0 Å². The first-order valence-corrected chi connectivity index (χ1v) is 4.72. The molecular formula is C9H15N5. The van der Waals surface area contributed by atoms with Crippen molar-refractivity contribution in [2.24, 2.45) is 5.73 Å². The van der Waals surface area contributed by atoms with Gasteiger partial charge < -0.3 is 16.0 Å². The standard InChI is InChI=1S/C9H15N5/c1-6-3-12-9(13-8(6)11-2)14-4-7(10)5-14/h3,7H,4-5,10H2,1-2H3,(H,11,12,13). The van der Waals surface area contributed by atoms with E-state index in [-0.39, 0.29) is 6.04 Å². The fourth-order valence-electron chi connectivity index (χ4n) is 1.51. The summed E-state index contributed by atoms with van der Waals surface area (Å²) >= 11 is 0. The summed E-state index contributed by atoms with van der Waals surface area (Å²) in [5.74, 6) is 1.65. The van der Waals surface area contributed by atoms with Gasteiger partial charge in [0.2, 0.25) is 5.95 Å². The van der Waals surface area contributed by atoms with E-state index in [9.17, 15) is 0 Å². The van der Waals surface area contributed by atoms with Crippen LogP contribution in [0.3, 0.4) is 0 Å². The van der Waals surface area contributed by atoms with Crippen molar-refractivity contribution < 1.29 is 0 Å². The molecule has 0 aromatic carbocycles. The van der Waals surface area contributed by atoms with Crippen LogP contribution < -0.4 is 16.0 Å². The minimum atomic E-state index is 0.276. The third-order valence-electron chi connectivity index (χ3n) is 2.39. The van der Waals surface area contributed by atoms with Crippen LogP contribution in [0.15, 0.2) is 6.20 Å². The van der Waals surface area contributed by atoms with Gasteiger partial charge in [0.15, 0.2) is 0 Å². The van der Waals surface area contributed by atoms with Crippen molar-refractivity contribution >= 4 is 11.8 Å². The van der Waals surface area contributed by atoms with Crippen LogP contribution in [-0.4, -0.2) is 36.1 Å². The summed E-state index contributed by atoms with van der Waals surface area (Å²) in [6.07, 6.45) is 1.83. The molecular weight excluding hydrogens is 178 g/mol. The Morgan fingerprint density at radius 2 is 2.29 bits per heavy atom. The number of hydrogen-bond donors (Lipinski definition) is 2. The van der Waals surface area contributed by atoms with Crippen LogP contribution in [0, 0.1) is 6.92 Å². The summed E-state index contributed by atoms with van der Waals surface area (Å²) in [5, 5.41) is 3.04. The van der Waals surface area contributed by atoms with E-state index in [2.05, 4.69) is 20.2 Å². The van der Waals surface area contributed by atoms with E-state index in [4.69, 9.17) is 5.73 Å². The van der Waals surface area contributed by atoms with Gasteiger partial charge in [0.05, 0.1) is 0 Å². The average molecular weight is 193 g/mol. The molecule has 2 rings (SSSR count). The van der Waals surface area contributed by atoms with Crippen LogP contribution in [0.5, 0.6) is 0 Å². The Morgan fingerprint density at radius 1 is 1.57 bits per heavy atom. The second-order valence-electron chi connectivity index (χ2n) is 3.62. The molecule has 5 nitrogen and oxygen atoms in total. The lowest BCUT2D eigenvalue weighted by atomic mass is 10.1. The van der Waals surface area contributed by atoms with Crippen LogP contribution in [0.4, 0.5) is 11.8 Å². The molecule has 0 radical (unpaired) electrons. The molecule has 1 aliphatic rings. The zero-order valence-electron chi connectivity index (χ0n) is 8.49. The molecule has 1 fully saturated rings. The van der Waals surface area contributed by atoms with E-state index < -0.39 is 0 Å². The molecule has 0 amide bonds. The highest BCUT2D eigenvalue weighted by molar-refractivity contribution is 5.48. The summed E-state index contributed by atoms with van der Waals surface area (Å²) in [5.41, 5.74) is 6.75. The molecule has 2 heterocycles. The molecule has 0 atom stereocenters. The lowest BCUT2D eigenvalue weighted by molar-refractivity contribution is 0.509. The van der Waals surface area contributed by atoms with Gasteiger partial charge in [-0.25, -0.2) is 4.98 Å². The maximum absolute atomic E-state index is 5.69.